The topological polar surface area (TPSA) is 81.7 Å². The van der Waals surface area contributed by atoms with Crippen LogP contribution in [0.25, 0.3) is 0 Å². The molecule has 0 aliphatic carbocycles. The molecule has 3 rings (SSSR count). The summed E-state index contributed by atoms with van der Waals surface area (Å²) in [5, 5.41) is 3.03. The van der Waals surface area contributed by atoms with Crippen molar-refractivity contribution in [1.82, 2.24) is 5.32 Å². The fraction of sp³-hybridized carbons (Fsp3) is 0.261. The summed E-state index contributed by atoms with van der Waals surface area (Å²) < 4.78 is 10.3. The van der Waals surface area contributed by atoms with Gasteiger partial charge in [0.05, 0.1) is 19.3 Å². The van der Waals surface area contributed by atoms with E-state index < -0.39 is 23.5 Å². The number of ketones is 1. The fourth-order valence-corrected chi connectivity index (χ4v) is 3.33. The van der Waals surface area contributed by atoms with E-state index in [0.29, 0.717) is 11.1 Å². The smallest absolute Gasteiger partial charge is 0.342 e. The molecule has 0 saturated carbocycles. The lowest BCUT2D eigenvalue weighted by molar-refractivity contribution is -0.162. The molecule has 0 saturated heterocycles. The van der Waals surface area contributed by atoms with Gasteiger partial charge in [-0.3, -0.25) is 10.1 Å². The Hall–Kier alpha value is -3.25. The molecular formula is C23H23NO5. The van der Waals surface area contributed by atoms with Crippen LogP contribution in [0.5, 0.6) is 0 Å². The van der Waals surface area contributed by atoms with E-state index in [1.807, 2.05) is 36.4 Å². The van der Waals surface area contributed by atoms with Crippen molar-refractivity contribution in [3.8, 4) is 0 Å². The second kappa shape index (κ2) is 8.84. The molecule has 29 heavy (non-hydrogen) atoms. The molecule has 6 nitrogen and oxygen atoms in total. The number of carbonyl (C=O) groups excluding carboxylic acids is 3. The molecule has 0 radical (unpaired) electrons. The molecule has 1 N–H and O–H groups in total. The second-order valence-electron chi connectivity index (χ2n) is 6.53. The van der Waals surface area contributed by atoms with Gasteiger partial charge >= 0.3 is 11.9 Å². The number of carbonyl (C=O) groups is 3. The van der Waals surface area contributed by atoms with Gasteiger partial charge in [-0.05, 0) is 25.5 Å². The summed E-state index contributed by atoms with van der Waals surface area (Å²) >= 11 is 0. The van der Waals surface area contributed by atoms with Crippen molar-refractivity contribution in [1.29, 1.82) is 0 Å². The van der Waals surface area contributed by atoms with E-state index in [1.54, 1.807) is 38.1 Å². The van der Waals surface area contributed by atoms with E-state index in [-0.39, 0.29) is 19.0 Å². The fourth-order valence-electron chi connectivity index (χ4n) is 3.33. The number of nitrogens with one attached hydrogen (secondary N) is 1. The number of rotatable bonds is 7. The first kappa shape index (κ1) is 20.5. The highest BCUT2D eigenvalue weighted by Gasteiger charge is 2.54. The van der Waals surface area contributed by atoms with Gasteiger partial charge in [-0.2, -0.15) is 0 Å². The average molecular weight is 393 g/mol. The van der Waals surface area contributed by atoms with Crippen LogP contribution in [-0.2, 0) is 19.1 Å². The highest BCUT2D eigenvalue weighted by Crippen LogP contribution is 2.36. The Kier molecular flexibility index (Phi) is 6.24. The van der Waals surface area contributed by atoms with Gasteiger partial charge in [0.1, 0.15) is 0 Å². The molecule has 1 atom stereocenters. The van der Waals surface area contributed by atoms with Crippen LogP contribution in [0.1, 0.15) is 35.8 Å². The van der Waals surface area contributed by atoms with E-state index in [4.69, 9.17) is 9.47 Å². The standard InChI is InChI=1S/C23H23NO5/c1-3-28-21(26)23(22(27)29-4-2)15-18(20(25)17-13-9-6-10-14-17)19(24-23)16-11-7-5-8-12-16/h5-15,19,24H,3-4H2,1-2H3/t19-/m0/s1. The van der Waals surface area contributed by atoms with Gasteiger partial charge in [-0.15, -0.1) is 0 Å². The zero-order valence-corrected chi connectivity index (χ0v) is 16.4. The van der Waals surface area contributed by atoms with Gasteiger partial charge < -0.3 is 9.47 Å². The SMILES string of the molecule is CCOC(=O)C1(C(=O)OCC)C=C(C(=O)c2ccccc2)[C@H](c2ccccc2)N1. The highest BCUT2D eigenvalue weighted by molar-refractivity contribution is 6.15. The molecule has 6 heteroatoms. The summed E-state index contributed by atoms with van der Waals surface area (Å²) in [6, 6.07) is 17.2. The molecule has 0 fully saturated rings. The summed E-state index contributed by atoms with van der Waals surface area (Å²) in [5.41, 5.74) is -0.376. The quantitative estimate of drug-likeness (QED) is 0.442. The number of Topliss-reactive ketones (excluding diaryl/α,β-unsaturated/α-hetero) is 1. The minimum absolute atomic E-state index is 0.0908. The van der Waals surface area contributed by atoms with Crippen molar-refractivity contribution >= 4 is 17.7 Å². The van der Waals surface area contributed by atoms with Gasteiger partial charge in [0.2, 0.25) is 5.54 Å². The highest BCUT2D eigenvalue weighted by atomic mass is 16.6. The van der Waals surface area contributed by atoms with Gasteiger partial charge in [-0.1, -0.05) is 60.7 Å². The van der Waals surface area contributed by atoms with Crippen molar-refractivity contribution < 1.29 is 23.9 Å². The second-order valence-corrected chi connectivity index (χ2v) is 6.53. The zero-order valence-electron chi connectivity index (χ0n) is 16.4. The van der Waals surface area contributed by atoms with Crippen LogP contribution < -0.4 is 5.32 Å². The summed E-state index contributed by atoms with van der Waals surface area (Å²) in [7, 11) is 0. The zero-order chi connectivity index (χ0) is 20.9. The van der Waals surface area contributed by atoms with E-state index in [2.05, 4.69) is 5.32 Å². The number of hydrogen-bond acceptors (Lipinski definition) is 6. The maximum absolute atomic E-state index is 13.3. The van der Waals surface area contributed by atoms with Crippen LogP contribution in [0.4, 0.5) is 0 Å². The summed E-state index contributed by atoms with van der Waals surface area (Å²) in [5.74, 6) is -1.87. The summed E-state index contributed by atoms with van der Waals surface area (Å²) in [6.45, 7) is 3.49. The van der Waals surface area contributed by atoms with E-state index in [9.17, 15) is 14.4 Å². The largest absolute Gasteiger partial charge is 0.464 e. The van der Waals surface area contributed by atoms with Gasteiger partial charge in [-0.25, -0.2) is 9.59 Å². The van der Waals surface area contributed by atoms with Crippen LogP contribution in [0.3, 0.4) is 0 Å². The first-order chi connectivity index (χ1) is 14.0. The van der Waals surface area contributed by atoms with Crippen molar-refractivity contribution in [2.45, 2.75) is 25.4 Å². The van der Waals surface area contributed by atoms with E-state index in [1.165, 1.54) is 6.08 Å². The molecule has 1 aliphatic heterocycles. The van der Waals surface area contributed by atoms with Crippen LogP contribution in [0.2, 0.25) is 0 Å². The van der Waals surface area contributed by atoms with Crippen molar-refractivity contribution in [3.63, 3.8) is 0 Å². The number of ether oxygens (including phenoxy) is 2. The molecule has 0 bridgehead atoms. The molecule has 1 heterocycles. The van der Waals surface area contributed by atoms with Crippen LogP contribution in [0.15, 0.2) is 72.3 Å². The lowest BCUT2D eigenvalue weighted by atomic mass is 9.93. The molecule has 150 valence electrons. The van der Waals surface area contributed by atoms with Gasteiger partial charge in [0, 0.05) is 11.1 Å². The van der Waals surface area contributed by atoms with Gasteiger partial charge in [0.15, 0.2) is 5.78 Å². The van der Waals surface area contributed by atoms with Gasteiger partial charge in [0.25, 0.3) is 0 Å². The van der Waals surface area contributed by atoms with Crippen molar-refractivity contribution in [2.75, 3.05) is 13.2 Å². The summed E-state index contributed by atoms with van der Waals surface area (Å²) in [4.78, 5) is 38.9. The maximum Gasteiger partial charge on any atom is 0.342 e. The minimum atomic E-state index is -1.88. The van der Waals surface area contributed by atoms with Crippen LogP contribution in [0, 0.1) is 0 Å². The van der Waals surface area contributed by atoms with E-state index in [0.717, 1.165) is 5.56 Å². The lowest BCUT2D eigenvalue weighted by Gasteiger charge is -2.26. The minimum Gasteiger partial charge on any atom is -0.464 e. The van der Waals surface area contributed by atoms with Crippen LogP contribution in [-0.4, -0.2) is 36.5 Å². The predicted octanol–water partition coefficient (Wildman–Crippen LogP) is 3.01. The molecule has 1 aliphatic rings. The van der Waals surface area contributed by atoms with Crippen molar-refractivity contribution in [2.24, 2.45) is 0 Å². The maximum atomic E-state index is 13.3. The Morgan fingerprint density at radius 2 is 1.38 bits per heavy atom. The third kappa shape index (κ3) is 3.98. The molecule has 2 aromatic carbocycles. The normalized spacial score (nSPS) is 17.3. The third-order valence-corrected chi connectivity index (χ3v) is 4.68. The molecule has 0 spiro atoms. The molecular weight excluding hydrogens is 370 g/mol. The Balaban J connectivity index is 2.13. The number of benzene rings is 2. The Bertz CT molecular complexity index is 903. The Morgan fingerprint density at radius 1 is 0.862 bits per heavy atom. The monoisotopic (exact) mass is 393 g/mol. The molecule has 0 unspecified atom stereocenters. The first-order valence-corrected chi connectivity index (χ1v) is 9.53. The molecule has 0 amide bonds. The molecule has 0 aromatic heterocycles. The van der Waals surface area contributed by atoms with E-state index >= 15 is 0 Å². The molecule has 2 aromatic rings. The Labute approximate surface area is 169 Å². The lowest BCUT2D eigenvalue weighted by Crippen LogP contribution is -2.56. The predicted molar refractivity (Wildman–Crippen MR) is 107 cm³/mol. The Morgan fingerprint density at radius 3 is 1.90 bits per heavy atom. The summed E-state index contributed by atoms with van der Waals surface area (Å²) in [6.07, 6.45) is 1.36. The van der Waals surface area contributed by atoms with Crippen molar-refractivity contribution in [3.05, 3.63) is 83.4 Å². The number of esters is 2. The van der Waals surface area contributed by atoms with Crippen LogP contribution >= 0.6 is 0 Å². The first-order valence-electron chi connectivity index (χ1n) is 9.53. The average Bonchev–Trinajstić information content (AvgIpc) is 3.17. The number of hydrogen-bond donors (Lipinski definition) is 1. The third-order valence-electron chi connectivity index (χ3n) is 4.68.